The molecule has 1 aromatic carbocycles. The van der Waals surface area contributed by atoms with E-state index in [2.05, 4.69) is 26.0 Å². The van der Waals surface area contributed by atoms with Gasteiger partial charge in [0.2, 0.25) is 0 Å². The fraction of sp³-hybridized carbons (Fsp3) is 0.550. The van der Waals surface area contributed by atoms with Gasteiger partial charge in [0.15, 0.2) is 5.79 Å². The van der Waals surface area contributed by atoms with Crippen LogP contribution in [-0.4, -0.2) is 30.0 Å². The number of fused-ring (bicyclic) bond motifs is 2. The zero-order valence-corrected chi connectivity index (χ0v) is 15.1. The molecule has 1 saturated carbocycles. The minimum Gasteiger partial charge on any atom is -0.346 e. The summed E-state index contributed by atoms with van der Waals surface area (Å²) in [6, 6.07) is 10.3. The van der Waals surface area contributed by atoms with E-state index < -0.39 is 5.79 Å². The summed E-state index contributed by atoms with van der Waals surface area (Å²) < 4.78 is 12.5. The normalized spacial score (nSPS) is 32.2. The van der Waals surface area contributed by atoms with Crippen LogP contribution in [0.5, 0.6) is 0 Å². The van der Waals surface area contributed by atoms with Gasteiger partial charge >= 0.3 is 0 Å². The van der Waals surface area contributed by atoms with Crippen molar-refractivity contribution in [3.05, 3.63) is 41.5 Å². The Morgan fingerprint density at radius 3 is 2.38 bits per heavy atom. The fourth-order valence-corrected chi connectivity index (χ4v) is 5.77. The molecule has 3 aliphatic rings. The van der Waals surface area contributed by atoms with Crippen molar-refractivity contribution in [1.82, 2.24) is 0 Å². The summed E-state index contributed by atoms with van der Waals surface area (Å²) in [6.07, 6.45) is 2.31. The van der Waals surface area contributed by atoms with Gasteiger partial charge in [-0.05, 0) is 38.8 Å². The van der Waals surface area contributed by atoms with E-state index in [4.69, 9.17) is 9.47 Å². The zero-order chi connectivity index (χ0) is 16.7. The molecule has 1 aromatic rings. The zero-order valence-electron chi connectivity index (χ0n) is 14.3. The topological polar surface area (TPSA) is 35.5 Å². The highest BCUT2D eigenvalue weighted by Crippen LogP contribution is 2.53. The van der Waals surface area contributed by atoms with E-state index >= 15 is 0 Å². The number of hydrogen-bond acceptors (Lipinski definition) is 4. The van der Waals surface area contributed by atoms with Crippen LogP contribution in [-0.2, 0) is 14.3 Å². The highest BCUT2D eigenvalue weighted by atomic mass is 32.2. The van der Waals surface area contributed by atoms with Gasteiger partial charge in [-0.2, -0.15) is 0 Å². The molecule has 0 aromatic heterocycles. The molecule has 4 heteroatoms. The smallest absolute Gasteiger partial charge is 0.184 e. The predicted molar refractivity (Wildman–Crippen MR) is 94.9 cm³/mol. The number of thioether (sulfide) groups is 1. The molecule has 0 radical (unpaired) electrons. The first kappa shape index (κ1) is 16.4. The standard InChI is InChI=1S/C20H24O3S/c1-13-10-16-17(11-14(13)2)20(22-8-9-23-20)19(12-18(16)21)24-15-6-4-3-5-7-15/h3-7,16-17,19H,8-12H2,1-2H3/t16-,17+,19-/m0/s1. The van der Waals surface area contributed by atoms with Crippen molar-refractivity contribution in [3.8, 4) is 0 Å². The largest absolute Gasteiger partial charge is 0.346 e. The van der Waals surface area contributed by atoms with Gasteiger partial charge in [-0.3, -0.25) is 4.79 Å². The number of allylic oxidation sites excluding steroid dienone is 2. The van der Waals surface area contributed by atoms with Crippen molar-refractivity contribution in [3.63, 3.8) is 0 Å². The van der Waals surface area contributed by atoms with E-state index in [1.54, 1.807) is 11.8 Å². The summed E-state index contributed by atoms with van der Waals surface area (Å²) in [5.74, 6) is -0.0308. The Labute approximate surface area is 147 Å². The molecule has 2 fully saturated rings. The minimum atomic E-state index is -0.610. The Morgan fingerprint density at radius 2 is 1.67 bits per heavy atom. The molecule has 1 aliphatic heterocycles. The van der Waals surface area contributed by atoms with Crippen molar-refractivity contribution in [2.75, 3.05) is 13.2 Å². The van der Waals surface area contributed by atoms with Crippen LogP contribution in [0.1, 0.15) is 33.1 Å². The van der Waals surface area contributed by atoms with Gasteiger partial charge in [0.25, 0.3) is 0 Å². The highest BCUT2D eigenvalue weighted by Gasteiger charge is 2.59. The molecule has 3 atom stereocenters. The Bertz CT molecular complexity index is 661. The molecule has 1 heterocycles. The third-order valence-electron chi connectivity index (χ3n) is 5.79. The lowest BCUT2D eigenvalue weighted by Gasteiger charge is -2.50. The van der Waals surface area contributed by atoms with Crippen LogP contribution in [0.4, 0.5) is 0 Å². The van der Waals surface area contributed by atoms with Gasteiger partial charge in [-0.1, -0.05) is 29.3 Å². The van der Waals surface area contributed by atoms with Gasteiger partial charge in [-0.15, -0.1) is 11.8 Å². The lowest BCUT2D eigenvalue weighted by Crippen LogP contribution is -2.58. The van der Waals surface area contributed by atoms with Crippen molar-refractivity contribution >= 4 is 17.5 Å². The highest BCUT2D eigenvalue weighted by molar-refractivity contribution is 8.00. The van der Waals surface area contributed by atoms with Crippen molar-refractivity contribution in [1.29, 1.82) is 0 Å². The van der Waals surface area contributed by atoms with Crippen LogP contribution < -0.4 is 0 Å². The summed E-state index contributed by atoms with van der Waals surface area (Å²) in [7, 11) is 0. The molecule has 1 spiro atoms. The molecular formula is C20H24O3S. The third-order valence-corrected chi connectivity index (χ3v) is 7.12. The second-order valence-electron chi connectivity index (χ2n) is 7.19. The summed E-state index contributed by atoms with van der Waals surface area (Å²) in [4.78, 5) is 14.0. The van der Waals surface area contributed by atoms with Crippen LogP contribution >= 0.6 is 11.8 Å². The van der Waals surface area contributed by atoms with E-state index in [9.17, 15) is 4.79 Å². The average Bonchev–Trinajstić information content (AvgIpc) is 3.06. The van der Waals surface area contributed by atoms with E-state index in [-0.39, 0.29) is 17.1 Å². The lowest BCUT2D eigenvalue weighted by atomic mass is 9.65. The maximum absolute atomic E-state index is 12.9. The van der Waals surface area contributed by atoms with E-state index in [0.717, 1.165) is 12.8 Å². The molecular weight excluding hydrogens is 320 g/mol. The number of ketones is 1. The van der Waals surface area contributed by atoms with Gasteiger partial charge in [0.1, 0.15) is 5.78 Å². The Kier molecular flexibility index (Phi) is 4.31. The Morgan fingerprint density at radius 1 is 1.00 bits per heavy atom. The molecule has 128 valence electrons. The van der Waals surface area contributed by atoms with Crippen LogP contribution in [0, 0.1) is 11.8 Å². The molecule has 0 bridgehead atoms. The first-order valence-electron chi connectivity index (χ1n) is 8.77. The van der Waals surface area contributed by atoms with Gasteiger partial charge in [-0.25, -0.2) is 0 Å². The van der Waals surface area contributed by atoms with Crippen LogP contribution in [0.3, 0.4) is 0 Å². The quantitative estimate of drug-likeness (QED) is 0.752. The molecule has 0 N–H and O–H groups in total. The number of rotatable bonds is 2. The number of Topliss-reactive ketones (excluding diaryl/α,β-unsaturated/α-hetero) is 1. The molecule has 3 nitrogen and oxygen atoms in total. The third kappa shape index (κ3) is 2.65. The summed E-state index contributed by atoms with van der Waals surface area (Å²) >= 11 is 1.74. The average molecular weight is 344 g/mol. The lowest BCUT2D eigenvalue weighted by molar-refractivity contribution is -0.219. The summed E-state index contributed by atoms with van der Waals surface area (Å²) in [6.45, 7) is 5.61. The number of carbonyl (C=O) groups is 1. The maximum Gasteiger partial charge on any atom is 0.184 e. The molecule has 1 saturated heterocycles. The van der Waals surface area contributed by atoms with Gasteiger partial charge < -0.3 is 9.47 Å². The minimum absolute atomic E-state index is 0.0300. The Balaban J connectivity index is 1.69. The monoisotopic (exact) mass is 344 g/mol. The number of carbonyl (C=O) groups excluding carboxylic acids is 1. The summed E-state index contributed by atoms with van der Waals surface area (Å²) in [5, 5.41) is 0.0300. The first-order valence-corrected chi connectivity index (χ1v) is 9.65. The molecule has 24 heavy (non-hydrogen) atoms. The van der Waals surface area contributed by atoms with Gasteiger partial charge in [0, 0.05) is 23.2 Å². The molecule has 4 rings (SSSR count). The SMILES string of the molecule is CC1=C(C)C[C@@H]2[C@H](C1)C(=O)C[C@H](Sc1ccccc1)C21OCCO1. The predicted octanol–water partition coefficient (Wildman–Crippen LogP) is 4.23. The maximum atomic E-state index is 12.9. The summed E-state index contributed by atoms with van der Waals surface area (Å²) in [5.41, 5.74) is 2.76. The van der Waals surface area contributed by atoms with Crippen LogP contribution in [0.2, 0.25) is 0 Å². The van der Waals surface area contributed by atoms with Gasteiger partial charge in [0.05, 0.1) is 18.5 Å². The number of hydrogen-bond donors (Lipinski definition) is 0. The number of ether oxygens (including phenoxy) is 2. The second-order valence-corrected chi connectivity index (χ2v) is 8.47. The Hall–Kier alpha value is -1.10. The van der Waals surface area contributed by atoms with Crippen molar-refractivity contribution in [2.24, 2.45) is 11.8 Å². The van der Waals surface area contributed by atoms with Crippen LogP contribution in [0.25, 0.3) is 0 Å². The van der Waals surface area contributed by atoms with Crippen molar-refractivity contribution in [2.45, 2.75) is 49.0 Å². The number of benzene rings is 1. The van der Waals surface area contributed by atoms with Crippen molar-refractivity contribution < 1.29 is 14.3 Å². The van der Waals surface area contributed by atoms with E-state index in [0.29, 0.717) is 25.4 Å². The molecule has 0 amide bonds. The molecule has 2 aliphatic carbocycles. The second kappa shape index (κ2) is 6.32. The first-order chi connectivity index (χ1) is 11.6. The van der Waals surface area contributed by atoms with Crippen LogP contribution in [0.15, 0.2) is 46.4 Å². The fourth-order valence-electron chi connectivity index (χ4n) is 4.40. The molecule has 0 unspecified atom stereocenters. The van der Waals surface area contributed by atoms with E-state index in [1.807, 2.05) is 18.2 Å². The van der Waals surface area contributed by atoms with E-state index in [1.165, 1.54) is 16.0 Å².